The average Bonchev–Trinajstić information content (AvgIpc) is 3.80. The van der Waals surface area contributed by atoms with Crippen molar-refractivity contribution in [3.63, 3.8) is 0 Å². The van der Waals surface area contributed by atoms with Gasteiger partial charge in [0.05, 0.1) is 52.1 Å². The van der Waals surface area contributed by atoms with Crippen molar-refractivity contribution in [2.24, 2.45) is 23.7 Å². The molecule has 0 bridgehead atoms. The predicted molar refractivity (Wildman–Crippen MR) is 191 cm³/mol. The van der Waals surface area contributed by atoms with Crippen LogP contribution >= 0.6 is 23.2 Å². The van der Waals surface area contributed by atoms with Gasteiger partial charge in [-0.05, 0) is 72.9 Å². The first-order valence-electron chi connectivity index (χ1n) is 16.8. The monoisotopic (exact) mass is 756 g/mol. The van der Waals surface area contributed by atoms with Crippen LogP contribution in [0.25, 0.3) is 0 Å². The van der Waals surface area contributed by atoms with E-state index in [1.807, 2.05) is 6.08 Å². The minimum Gasteiger partial charge on any atom is -0.497 e. The Balaban J connectivity index is 1.30. The number of aliphatic hydroxyl groups excluding tert-OH is 1. The number of aliphatic hydroxyl groups is 1. The van der Waals surface area contributed by atoms with Crippen molar-refractivity contribution in [1.82, 2.24) is 5.01 Å². The Hall–Kier alpha value is -5.50. The summed E-state index contributed by atoms with van der Waals surface area (Å²) in [5, 5.41) is 23.1. The Morgan fingerprint density at radius 2 is 1.75 bits per heavy atom. The SMILES string of the molecule is COc1ccc([C@@]23C(=O)N(Nc4ccc(Cl)cc4Cl)C(=O)[C@@H]2C[C@@H]2C(=CC[C@@H]4C(=O)N(c5cccc([N+](=O)[O-])c5)C(=O)[C@@H]42)[C@@H]3c2ccc(CO)o2)cc1. The molecule has 2 saturated heterocycles. The number of nitrogens with zero attached hydrogens (tertiary/aromatic N) is 3. The van der Waals surface area contributed by atoms with Crippen LogP contribution in [-0.2, 0) is 31.2 Å². The largest absolute Gasteiger partial charge is 0.497 e. The van der Waals surface area contributed by atoms with Crippen LogP contribution in [0.3, 0.4) is 0 Å². The number of ether oxygens (including phenoxy) is 1. The number of halogens is 2. The fraction of sp³-hybridized carbons (Fsp3) is 0.263. The van der Waals surface area contributed by atoms with E-state index < -0.39 is 70.2 Å². The van der Waals surface area contributed by atoms with Gasteiger partial charge in [-0.15, -0.1) is 0 Å². The highest BCUT2D eigenvalue weighted by Crippen LogP contribution is 2.64. The molecule has 270 valence electrons. The summed E-state index contributed by atoms with van der Waals surface area (Å²) in [4.78, 5) is 70.5. The van der Waals surface area contributed by atoms with Crippen LogP contribution in [0.4, 0.5) is 17.1 Å². The zero-order valence-electron chi connectivity index (χ0n) is 27.9. The first-order chi connectivity index (χ1) is 25.5. The smallest absolute Gasteiger partial charge is 0.271 e. The number of methoxy groups -OCH3 is 1. The van der Waals surface area contributed by atoms with E-state index >= 15 is 4.79 Å². The first-order valence-corrected chi connectivity index (χ1v) is 17.5. The highest BCUT2D eigenvalue weighted by Gasteiger charge is 2.71. The van der Waals surface area contributed by atoms with Crippen molar-refractivity contribution in [2.75, 3.05) is 17.4 Å². The lowest BCUT2D eigenvalue weighted by atomic mass is 9.50. The highest BCUT2D eigenvalue weighted by molar-refractivity contribution is 6.36. The number of hydrogen-bond acceptors (Lipinski definition) is 10. The number of fused-ring (bicyclic) bond motifs is 4. The third-order valence-corrected chi connectivity index (χ3v) is 11.5. The number of nitrogens with one attached hydrogen (secondary N) is 1. The maximum absolute atomic E-state index is 15.3. The molecule has 2 aliphatic carbocycles. The number of hydrazine groups is 1. The van der Waals surface area contributed by atoms with E-state index in [9.17, 15) is 29.6 Å². The summed E-state index contributed by atoms with van der Waals surface area (Å²) in [6.07, 6.45) is 1.98. The summed E-state index contributed by atoms with van der Waals surface area (Å²) in [6.45, 7) is -0.431. The maximum Gasteiger partial charge on any atom is 0.271 e. The van der Waals surface area contributed by atoms with Gasteiger partial charge in [-0.2, -0.15) is 5.01 Å². The molecule has 0 unspecified atom stereocenters. The normalized spacial score (nSPS) is 26.3. The summed E-state index contributed by atoms with van der Waals surface area (Å²) >= 11 is 12.6. The average molecular weight is 758 g/mol. The van der Waals surface area contributed by atoms with Crippen LogP contribution < -0.4 is 15.1 Å². The molecule has 2 N–H and O–H groups in total. The van der Waals surface area contributed by atoms with E-state index in [-0.39, 0.29) is 46.4 Å². The molecule has 13 nitrogen and oxygen atoms in total. The molecule has 6 atom stereocenters. The zero-order chi connectivity index (χ0) is 37.3. The summed E-state index contributed by atoms with van der Waals surface area (Å²) < 4.78 is 11.6. The van der Waals surface area contributed by atoms with Gasteiger partial charge < -0.3 is 14.3 Å². The van der Waals surface area contributed by atoms with Crippen molar-refractivity contribution in [3.8, 4) is 5.75 Å². The number of carbonyl (C=O) groups is 4. The molecule has 1 aromatic heterocycles. The number of allylic oxidation sites excluding steroid dienone is 2. The number of hydrogen-bond donors (Lipinski definition) is 2. The van der Waals surface area contributed by atoms with E-state index in [1.54, 1.807) is 48.5 Å². The fourth-order valence-corrected chi connectivity index (χ4v) is 9.24. The summed E-state index contributed by atoms with van der Waals surface area (Å²) in [6, 6.07) is 20.0. The standard InChI is InChI=1S/C38H30Cl2N4O9/c1-52-23-8-5-19(6-9-23)38-28(35(47)43(37(38)49)41-30-13-7-20(39)15-29(30)40)17-27-25(33(38)31-14-10-24(18-45)53-31)11-12-26-32(27)36(48)42(34(26)46)21-3-2-4-22(16-21)44(50)51/h2-11,13-16,26-28,32-33,41,45H,12,17-18H2,1H3/t26-,27+,28-,32-,33+,38+/m0/s1. The lowest BCUT2D eigenvalue weighted by Gasteiger charge is -2.49. The van der Waals surface area contributed by atoms with Crippen molar-refractivity contribution in [3.05, 3.63) is 128 Å². The molecular weight excluding hydrogens is 727 g/mol. The lowest BCUT2D eigenvalue weighted by Crippen LogP contribution is -2.53. The van der Waals surface area contributed by atoms with Crippen LogP contribution in [0.1, 0.15) is 35.8 Å². The third kappa shape index (κ3) is 5.17. The Labute approximate surface area is 311 Å². The number of non-ortho nitro benzene ring substituents is 1. The van der Waals surface area contributed by atoms with Gasteiger partial charge in [0.2, 0.25) is 11.8 Å². The molecule has 3 heterocycles. The van der Waals surface area contributed by atoms with Gasteiger partial charge in [0.1, 0.15) is 29.3 Å². The quantitative estimate of drug-likeness (QED) is 0.0915. The van der Waals surface area contributed by atoms with Gasteiger partial charge in [-0.1, -0.05) is 53.1 Å². The summed E-state index contributed by atoms with van der Waals surface area (Å²) in [7, 11) is 1.51. The fourth-order valence-electron chi connectivity index (χ4n) is 8.79. The van der Waals surface area contributed by atoms with Crippen LogP contribution in [0.15, 0.2) is 94.9 Å². The Kier molecular flexibility index (Phi) is 8.39. The van der Waals surface area contributed by atoms with E-state index in [1.165, 1.54) is 37.4 Å². The molecule has 1 saturated carbocycles. The number of imide groups is 2. The second-order valence-electron chi connectivity index (χ2n) is 13.5. The molecule has 0 radical (unpaired) electrons. The zero-order valence-corrected chi connectivity index (χ0v) is 29.4. The minimum atomic E-state index is -1.64. The molecule has 3 aromatic carbocycles. The van der Waals surface area contributed by atoms with Crippen LogP contribution in [0, 0.1) is 33.8 Å². The van der Waals surface area contributed by atoms with Gasteiger partial charge in [0.15, 0.2) is 0 Å². The highest BCUT2D eigenvalue weighted by atomic mass is 35.5. The maximum atomic E-state index is 15.3. The molecule has 15 heteroatoms. The van der Waals surface area contributed by atoms with Gasteiger partial charge in [-0.25, -0.2) is 4.90 Å². The second kappa shape index (κ2) is 12.9. The lowest BCUT2D eigenvalue weighted by molar-refractivity contribution is -0.384. The Bertz CT molecular complexity index is 2260. The van der Waals surface area contributed by atoms with Gasteiger partial charge >= 0.3 is 0 Å². The van der Waals surface area contributed by atoms with Crippen molar-refractivity contribution >= 4 is 63.9 Å². The molecule has 4 aromatic rings. The van der Waals surface area contributed by atoms with E-state index in [4.69, 9.17) is 32.4 Å². The number of furan rings is 1. The number of rotatable bonds is 8. The van der Waals surface area contributed by atoms with Crippen LogP contribution in [-0.4, -0.2) is 45.8 Å². The van der Waals surface area contributed by atoms with E-state index in [2.05, 4.69) is 5.43 Å². The number of nitro benzene ring substituents is 1. The van der Waals surface area contributed by atoms with Crippen molar-refractivity contribution in [1.29, 1.82) is 0 Å². The van der Waals surface area contributed by atoms with Gasteiger partial charge in [0.25, 0.3) is 17.5 Å². The topological polar surface area (TPSA) is 173 Å². The second-order valence-corrected chi connectivity index (χ2v) is 14.3. The molecular formula is C38H30Cl2N4O9. The van der Waals surface area contributed by atoms with Crippen LogP contribution in [0.5, 0.6) is 5.75 Å². The number of carbonyl (C=O) groups excluding carboxylic acids is 4. The Morgan fingerprint density at radius 1 is 0.981 bits per heavy atom. The molecule has 53 heavy (non-hydrogen) atoms. The van der Waals surface area contributed by atoms with Crippen molar-refractivity contribution < 1.29 is 38.4 Å². The minimum absolute atomic E-state index is 0.00198. The van der Waals surface area contributed by atoms with Crippen LogP contribution in [0.2, 0.25) is 10.0 Å². The molecule has 3 fully saturated rings. The summed E-state index contributed by atoms with van der Waals surface area (Å²) in [5.74, 6) is -5.78. The molecule has 0 spiro atoms. The Morgan fingerprint density at radius 3 is 2.43 bits per heavy atom. The van der Waals surface area contributed by atoms with Gasteiger partial charge in [0, 0.05) is 17.2 Å². The van der Waals surface area contributed by atoms with Gasteiger partial charge in [-0.3, -0.25) is 34.7 Å². The number of amides is 4. The van der Waals surface area contributed by atoms with E-state index in [0.29, 0.717) is 21.9 Å². The molecule has 4 aliphatic rings. The van der Waals surface area contributed by atoms with Crippen molar-refractivity contribution in [2.45, 2.75) is 30.8 Å². The number of nitro groups is 1. The number of anilines is 2. The first kappa shape index (κ1) is 34.6. The summed E-state index contributed by atoms with van der Waals surface area (Å²) in [5.41, 5.74) is 2.45. The van der Waals surface area contributed by atoms with E-state index in [0.717, 1.165) is 9.91 Å². The predicted octanol–water partition coefficient (Wildman–Crippen LogP) is 6.19. The number of benzene rings is 3. The molecule has 4 amide bonds. The molecule has 2 aliphatic heterocycles. The molecule has 8 rings (SSSR count). The third-order valence-electron chi connectivity index (χ3n) is 11.0.